The summed E-state index contributed by atoms with van der Waals surface area (Å²) >= 11 is 0. The largest absolute Gasteiger partial charge is 0.225 e. The zero-order valence-corrected chi connectivity index (χ0v) is 9.74. The molecule has 3 aromatic rings. The molecule has 0 saturated heterocycles. The molecule has 0 saturated carbocycles. The lowest BCUT2D eigenvalue weighted by Gasteiger charge is -2.07. The summed E-state index contributed by atoms with van der Waals surface area (Å²) in [5.74, 6) is 0.612. The summed E-state index contributed by atoms with van der Waals surface area (Å²) in [6.07, 6.45) is 2.97. The van der Waals surface area contributed by atoms with E-state index < -0.39 is 0 Å². The fraction of sp³-hybridized carbons (Fsp3) is 0. The van der Waals surface area contributed by atoms with Crippen molar-refractivity contribution in [1.82, 2.24) is 15.0 Å². The van der Waals surface area contributed by atoms with Crippen LogP contribution >= 0.6 is 0 Å². The first-order chi connectivity index (χ1) is 8.86. The number of nitrogens with zero attached hydrogens (tertiary/aromatic N) is 3. The summed E-state index contributed by atoms with van der Waals surface area (Å²) in [5, 5.41) is 2.34. The summed E-state index contributed by atoms with van der Waals surface area (Å²) < 4.78 is 0. The van der Waals surface area contributed by atoms with E-state index in [0.29, 0.717) is 5.82 Å². The van der Waals surface area contributed by atoms with Crippen LogP contribution in [0.4, 0.5) is 0 Å². The Balaban J connectivity index is 2.18. The Morgan fingerprint density at radius 2 is 1.61 bits per heavy atom. The molecule has 86 valence electrons. The third-order valence-corrected chi connectivity index (χ3v) is 2.88. The summed E-state index contributed by atoms with van der Waals surface area (Å²) in [6.45, 7) is 4.09. The van der Waals surface area contributed by atoms with Gasteiger partial charge in [0.1, 0.15) is 12.7 Å². The zero-order chi connectivity index (χ0) is 12.4. The number of benzene rings is 2. The predicted molar refractivity (Wildman–Crippen MR) is 71.9 cm³/mol. The second-order valence-corrected chi connectivity index (χ2v) is 3.97. The normalized spacial score (nSPS) is 10.4. The van der Waals surface area contributed by atoms with Crippen LogP contribution in [0.2, 0.25) is 0 Å². The molecule has 0 unspecified atom stereocenters. The van der Waals surface area contributed by atoms with Gasteiger partial charge in [0.2, 0.25) is 0 Å². The molecule has 3 rings (SSSR count). The Bertz CT molecular complexity index is 700. The highest BCUT2D eigenvalue weighted by Gasteiger charge is 2.08. The van der Waals surface area contributed by atoms with E-state index >= 15 is 0 Å². The standard InChI is InChI=1S/C15H11N3/c1-11(15-17-9-16-10-18-15)13-8-4-6-12-5-2-3-7-14(12)13/h2-10H,1H2. The lowest BCUT2D eigenvalue weighted by Crippen LogP contribution is -1.95. The molecule has 0 aliphatic rings. The number of hydrogen-bond acceptors (Lipinski definition) is 3. The van der Waals surface area contributed by atoms with Gasteiger partial charge in [-0.3, -0.25) is 0 Å². The van der Waals surface area contributed by atoms with Crippen molar-refractivity contribution in [2.45, 2.75) is 0 Å². The minimum absolute atomic E-state index is 0.612. The molecule has 0 amide bonds. The fourth-order valence-electron chi connectivity index (χ4n) is 2.00. The molecule has 0 N–H and O–H groups in total. The van der Waals surface area contributed by atoms with E-state index in [-0.39, 0.29) is 0 Å². The van der Waals surface area contributed by atoms with Crippen LogP contribution in [0.25, 0.3) is 16.3 Å². The van der Waals surface area contributed by atoms with Crippen LogP contribution in [0, 0.1) is 0 Å². The van der Waals surface area contributed by atoms with Gasteiger partial charge in [0.25, 0.3) is 0 Å². The number of aromatic nitrogens is 3. The highest BCUT2D eigenvalue weighted by atomic mass is 15.0. The molecule has 1 aromatic heterocycles. The minimum atomic E-state index is 0.612. The molecule has 18 heavy (non-hydrogen) atoms. The van der Waals surface area contributed by atoms with Gasteiger partial charge in [-0.05, 0) is 16.3 Å². The Morgan fingerprint density at radius 1 is 0.889 bits per heavy atom. The number of fused-ring (bicyclic) bond motifs is 1. The third kappa shape index (κ3) is 1.76. The fourth-order valence-corrected chi connectivity index (χ4v) is 2.00. The van der Waals surface area contributed by atoms with Crippen molar-refractivity contribution in [2.75, 3.05) is 0 Å². The Hall–Kier alpha value is -2.55. The van der Waals surface area contributed by atoms with Gasteiger partial charge in [-0.15, -0.1) is 0 Å². The molecule has 3 nitrogen and oxygen atoms in total. The van der Waals surface area contributed by atoms with Gasteiger partial charge in [-0.2, -0.15) is 0 Å². The van der Waals surface area contributed by atoms with Gasteiger partial charge in [0.15, 0.2) is 5.82 Å². The average molecular weight is 233 g/mol. The molecule has 2 aromatic carbocycles. The van der Waals surface area contributed by atoms with Crippen molar-refractivity contribution in [3.63, 3.8) is 0 Å². The van der Waals surface area contributed by atoms with E-state index in [2.05, 4.69) is 39.7 Å². The van der Waals surface area contributed by atoms with Crippen LogP contribution < -0.4 is 0 Å². The van der Waals surface area contributed by atoms with Crippen LogP contribution in [-0.2, 0) is 0 Å². The minimum Gasteiger partial charge on any atom is -0.225 e. The van der Waals surface area contributed by atoms with E-state index in [1.54, 1.807) is 0 Å². The average Bonchev–Trinajstić information content (AvgIpc) is 2.47. The molecule has 0 bridgehead atoms. The zero-order valence-electron chi connectivity index (χ0n) is 9.74. The van der Waals surface area contributed by atoms with E-state index in [1.165, 1.54) is 18.0 Å². The quantitative estimate of drug-likeness (QED) is 0.682. The third-order valence-electron chi connectivity index (χ3n) is 2.88. The Morgan fingerprint density at radius 3 is 2.44 bits per heavy atom. The van der Waals surface area contributed by atoms with Gasteiger partial charge in [-0.25, -0.2) is 15.0 Å². The molecule has 0 fully saturated rings. The lowest BCUT2D eigenvalue weighted by molar-refractivity contribution is 1.02. The van der Waals surface area contributed by atoms with Gasteiger partial charge in [0, 0.05) is 5.57 Å². The van der Waals surface area contributed by atoms with Crippen LogP contribution in [0.1, 0.15) is 11.4 Å². The van der Waals surface area contributed by atoms with Crippen molar-refractivity contribution in [3.05, 3.63) is 73.1 Å². The molecule has 1 heterocycles. The molecule has 0 aliphatic carbocycles. The van der Waals surface area contributed by atoms with Crippen LogP contribution in [-0.4, -0.2) is 15.0 Å². The molecule has 3 heteroatoms. The van der Waals surface area contributed by atoms with Gasteiger partial charge in [-0.1, -0.05) is 49.0 Å². The monoisotopic (exact) mass is 233 g/mol. The molecular formula is C15H11N3. The second-order valence-electron chi connectivity index (χ2n) is 3.97. The first kappa shape index (κ1) is 10.6. The van der Waals surface area contributed by atoms with E-state index in [1.807, 2.05) is 24.3 Å². The van der Waals surface area contributed by atoms with E-state index in [9.17, 15) is 0 Å². The van der Waals surface area contributed by atoms with Crippen LogP contribution in [0.3, 0.4) is 0 Å². The highest BCUT2D eigenvalue weighted by Crippen LogP contribution is 2.26. The molecule has 0 radical (unpaired) electrons. The maximum atomic E-state index is 4.14. The number of hydrogen-bond donors (Lipinski definition) is 0. The molecule has 0 aliphatic heterocycles. The van der Waals surface area contributed by atoms with Crippen molar-refractivity contribution in [3.8, 4) is 0 Å². The lowest BCUT2D eigenvalue weighted by atomic mass is 9.99. The van der Waals surface area contributed by atoms with E-state index in [4.69, 9.17) is 0 Å². The summed E-state index contributed by atoms with van der Waals surface area (Å²) in [6, 6.07) is 14.3. The predicted octanol–water partition coefficient (Wildman–Crippen LogP) is 3.09. The summed E-state index contributed by atoms with van der Waals surface area (Å²) in [5.41, 5.74) is 1.87. The van der Waals surface area contributed by atoms with Crippen molar-refractivity contribution < 1.29 is 0 Å². The van der Waals surface area contributed by atoms with Crippen molar-refractivity contribution in [1.29, 1.82) is 0 Å². The summed E-state index contributed by atoms with van der Waals surface area (Å²) in [7, 11) is 0. The van der Waals surface area contributed by atoms with Crippen LogP contribution in [0.15, 0.2) is 61.7 Å². The Kier molecular flexibility index (Phi) is 2.57. The maximum Gasteiger partial charge on any atom is 0.162 e. The van der Waals surface area contributed by atoms with Gasteiger partial charge in [0.05, 0.1) is 0 Å². The first-order valence-electron chi connectivity index (χ1n) is 5.65. The van der Waals surface area contributed by atoms with Crippen LogP contribution in [0.5, 0.6) is 0 Å². The Labute approximate surface area is 105 Å². The number of rotatable bonds is 2. The smallest absolute Gasteiger partial charge is 0.162 e. The van der Waals surface area contributed by atoms with Gasteiger partial charge >= 0.3 is 0 Å². The van der Waals surface area contributed by atoms with E-state index in [0.717, 1.165) is 16.5 Å². The topological polar surface area (TPSA) is 38.7 Å². The molecule has 0 atom stereocenters. The highest BCUT2D eigenvalue weighted by molar-refractivity contribution is 5.96. The SMILES string of the molecule is C=C(c1ncncn1)c1cccc2ccccc12. The summed E-state index contributed by atoms with van der Waals surface area (Å²) in [4.78, 5) is 12.1. The second kappa shape index (κ2) is 4.37. The van der Waals surface area contributed by atoms with Gasteiger partial charge < -0.3 is 0 Å². The van der Waals surface area contributed by atoms with Crippen molar-refractivity contribution in [2.24, 2.45) is 0 Å². The maximum absolute atomic E-state index is 4.14. The molecular weight excluding hydrogens is 222 g/mol. The molecule has 0 spiro atoms. The first-order valence-corrected chi connectivity index (χ1v) is 5.65. The van der Waals surface area contributed by atoms with Crippen molar-refractivity contribution >= 4 is 16.3 Å².